The van der Waals surface area contributed by atoms with E-state index in [1.54, 1.807) is 24.3 Å². The molecule has 0 bridgehead atoms. The van der Waals surface area contributed by atoms with Gasteiger partial charge in [0.25, 0.3) is 5.91 Å². The summed E-state index contributed by atoms with van der Waals surface area (Å²) in [5, 5.41) is 15.9. The molecule has 0 aliphatic carbocycles. The summed E-state index contributed by atoms with van der Waals surface area (Å²) in [6.45, 7) is 2.00. The zero-order chi connectivity index (χ0) is 20.4. The maximum atomic E-state index is 13.3. The van der Waals surface area contributed by atoms with E-state index >= 15 is 0 Å². The van der Waals surface area contributed by atoms with E-state index in [4.69, 9.17) is 4.74 Å². The molecule has 0 unspecified atom stereocenters. The van der Waals surface area contributed by atoms with E-state index in [-0.39, 0.29) is 11.7 Å². The SMILES string of the molecule is COc1cc(/C=C2\C(=O)N(c3ccc(C)cc3)N=C2c2ccccc2)ccc1O. The largest absolute Gasteiger partial charge is 0.504 e. The molecule has 0 fully saturated rings. The van der Waals surface area contributed by atoms with Crippen molar-refractivity contribution in [3.63, 3.8) is 0 Å². The molecule has 5 heteroatoms. The van der Waals surface area contributed by atoms with Gasteiger partial charge in [0.15, 0.2) is 11.5 Å². The summed E-state index contributed by atoms with van der Waals surface area (Å²) in [7, 11) is 1.49. The van der Waals surface area contributed by atoms with Crippen molar-refractivity contribution in [3.8, 4) is 11.5 Å². The van der Waals surface area contributed by atoms with Crippen molar-refractivity contribution in [2.24, 2.45) is 5.10 Å². The average molecular weight is 384 g/mol. The summed E-state index contributed by atoms with van der Waals surface area (Å²) in [6.07, 6.45) is 1.77. The minimum Gasteiger partial charge on any atom is -0.504 e. The number of hydrogen-bond donors (Lipinski definition) is 1. The van der Waals surface area contributed by atoms with E-state index in [1.165, 1.54) is 12.1 Å². The molecule has 0 saturated heterocycles. The molecule has 0 aromatic heterocycles. The lowest BCUT2D eigenvalue weighted by Gasteiger charge is -2.11. The molecule has 0 atom stereocenters. The molecule has 1 amide bonds. The van der Waals surface area contributed by atoms with Gasteiger partial charge in [0.05, 0.1) is 18.4 Å². The van der Waals surface area contributed by atoms with Crippen LogP contribution in [0, 0.1) is 6.92 Å². The lowest BCUT2D eigenvalue weighted by molar-refractivity contribution is -0.114. The first-order valence-electron chi connectivity index (χ1n) is 9.21. The molecule has 1 aliphatic heterocycles. The summed E-state index contributed by atoms with van der Waals surface area (Å²) in [5.41, 5.74) is 4.48. The van der Waals surface area contributed by atoms with Gasteiger partial charge < -0.3 is 9.84 Å². The maximum Gasteiger partial charge on any atom is 0.281 e. The van der Waals surface area contributed by atoms with Crippen LogP contribution in [-0.4, -0.2) is 23.8 Å². The average Bonchev–Trinajstić information content (AvgIpc) is 3.07. The van der Waals surface area contributed by atoms with Crippen molar-refractivity contribution in [2.75, 3.05) is 12.1 Å². The highest BCUT2D eigenvalue weighted by molar-refractivity contribution is 6.37. The Balaban J connectivity index is 1.82. The fraction of sp³-hybridized carbons (Fsp3) is 0.0833. The van der Waals surface area contributed by atoms with Crippen LogP contribution < -0.4 is 9.75 Å². The fourth-order valence-corrected chi connectivity index (χ4v) is 3.17. The monoisotopic (exact) mass is 384 g/mol. The minimum absolute atomic E-state index is 0.0469. The summed E-state index contributed by atoms with van der Waals surface area (Å²) in [5.74, 6) is 0.184. The number of aryl methyl sites for hydroxylation is 1. The quantitative estimate of drug-likeness (QED) is 0.672. The Labute approximate surface area is 169 Å². The second kappa shape index (κ2) is 7.64. The minimum atomic E-state index is -0.209. The molecule has 0 spiro atoms. The number of rotatable bonds is 4. The van der Waals surface area contributed by atoms with Gasteiger partial charge in [-0.3, -0.25) is 4.79 Å². The maximum absolute atomic E-state index is 13.3. The lowest BCUT2D eigenvalue weighted by atomic mass is 10.00. The van der Waals surface area contributed by atoms with Crippen molar-refractivity contribution in [1.82, 2.24) is 0 Å². The summed E-state index contributed by atoms with van der Waals surface area (Å²) < 4.78 is 5.19. The van der Waals surface area contributed by atoms with E-state index in [0.717, 1.165) is 16.7 Å². The number of benzene rings is 3. The van der Waals surface area contributed by atoms with E-state index in [9.17, 15) is 9.90 Å². The summed E-state index contributed by atoms with van der Waals surface area (Å²) in [6, 6.07) is 22.2. The molecular weight excluding hydrogens is 364 g/mol. The number of phenols is 1. The van der Waals surface area contributed by atoms with Gasteiger partial charge in [-0.05, 0) is 42.8 Å². The summed E-state index contributed by atoms with van der Waals surface area (Å²) in [4.78, 5) is 13.3. The van der Waals surface area contributed by atoms with Crippen LogP contribution >= 0.6 is 0 Å². The Kier molecular flexibility index (Phi) is 4.87. The van der Waals surface area contributed by atoms with Gasteiger partial charge in [0, 0.05) is 5.56 Å². The van der Waals surface area contributed by atoms with Crippen LogP contribution in [0.1, 0.15) is 16.7 Å². The standard InChI is InChI=1S/C24H20N2O3/c1-16-8-11-19(12-9-16)26-24(28)20(23(25-26)18-6-4-3-5-7-18)14-17-10-13-21(27)22(15-17)29-2/h3-15,27H,1-2H3/b20-14-. The number of methoxy groups -OCH3 is 1. The zero-order valence-electron chi connectivity index (χ0n) is 16.2. The molecule has 3 aromatic rings. The Morgan fingerprint density at radius 1 is 1.00 bits per heavy atom. The number of carbonyl (C=O) groups is 1. The Morgan fingerprint density at radius 3 is 2.41 bits per heavy atom. The van der Waals surface area contributed by atoms with E-state index in [2.05, 4.69) is 5.10 Å². The number of carbonyl (C=O) groups excluding carboxylic acids is 1. The van der Waals surface area contributed by atoms with Gasteiger partial charge in [-0.15, -0.1) is 0 Å². The number of nitrogens with zero attached hydrogens (tertiary/aromatic N) is 2. The summed E-state index contributed by atoms with van der Waals surface area (Å²) >= 11 is 0. The van der Waals surface area contributed by atoms with Gasteiger partial charge in [-0.1, -0.05) is 54.1 Å². The second-order valence-electron chi connectivity index (χ2n) is 6.76. The molecular formula is C24H20N2O3. The molecule has 3 aromatic carbocycles. The molecule has 0 radical (unpaired) electrons. The van der Waals surface area contributed by atoms with Crippen LogP contribution in [0.3, 0.4) is 0 Å². The van der Waals surface area contributed by atoms with E-state index in [0.29, 0.717) is 22.7 Å². The number of hydrazone groups is 1. The van der Waals surface area contributed by atoms with Crippen molar-refractivity contribution >= 4 is 23.4 Å². The first kappa shape index (κ1) is 18.5. The highest BCUT2D eigenvalue weighted by atomic mass is 16.5. The van der Waals surface area contributed by atoms with Gasteiger partial charge in [-0.2, -0.15) is 10.1 Å². The van der Waals surface area contributed by atoms with Crippen LogP contribution in [-0.2, 0) is 4.79 Å². The normalized spacial score (nSPS) is 15.0. The first-order chi connectivity index (χ1) is 14.1. The van der Waals surface area contributed by atoms with Crippen LogP contribution in [0.5, 0.6) is 11.5 Å². The van der Waals surface area contributed by atoms with Gasteiger partial charge in [-0.25, -0.2) is 0 Å². The van der Waals surface area contributed by atoms with E-state index in [1.807, 2.05) is 61.5 Å². The van der Waals surface area contributed by atoms with Crippen molar-refractivity contribution < 1.29 is 14.6 Å². The topological polar surface area (TPSA) is 62.1 Å². The van der Waals surface area contributed by atoms with Crippen LogP contribution in [0.4, 0.5) is 5.69 Å². The van der Waals surface area contributed by atoms with Crippen LogP contribution in [0.2, 0.25) is 0 Å². The zero-order valence-corrected chi connectivity index (χ0v) is 16.2. The van der Waals surface area contributed by atoms with E-state index < -0.39 is 0 Å². The fourth-order valence-electron chi connectivity index (χ4n) is 3.17. The predicted octanol–water partition coefficient (Wildman–Crippen LogP) is 4.54. The molecule has 0 saturated carbocycles. The third-order valence-electron chi connectivity index (χ3n) is 4.72. The number of aromatic hydroxyl groups is 1. The highest BCUT2D eigenvalue weighted by Crippen LogP contribution is 2.31. The second-order valence-corrected chi connectivity index (χ2v) is 6.76. The van der Waals surface area contributed by atoms with Crippen LogP contribution in [0.15, 0.2) is 83.5 Å². The molecule has 29 heavy (non-hydrogen) atoms. The smallest absolute Gasteiger partial charge is 0.281 e. The molecule has 1 heterocycles. The van der Waals surface area contributed by atoms with Crippen LogP contribution in [0.25, 0.3) is 6.08 Å². The number of anilines is 1. The van der Waals surface area contributed by atoms with Crippen molar-refractivity contribution in [1.29, 1.82) is 0 Å². The Bertz CT molecular complexity index is 1120. The number of hydrogen-bond acceptors (Lipinski definition) is 4. The van der Waals surface area contributed by atoms with Crippen molar-refractivity contribution in [2.45, 2.75) is 6.92 Å². The molecule has 1 N–H and O–H groups in total. The first-order valence-corrected chi connectivity index (χ1v) is 9.21. The molecule has 144 valence electrons. The predicted molar refractivity (Wildman–Crippen MR) is 114 cm³/mol. The Hall–Kier alpha value is -3.86. The molecule has 4 rings (SSSR count). The van der Waals surface area contributed by atoms with Gasteiger partial charge in [0.2, 0.25) is 0 Å². The third-order valence-corrected chi connectivity index (χ3v) is 4.72. The molecule has 1 aliphatic rings. The van der Waals surface area contributed by atoms with Gasteiger partial charge >= 0.3 is 0 Å². The number of phenolic OH excluding ortho intramolecular Hbond substituents is 1. The highest BCUT2D eigenvalue weighted by Gasteiger charge is 2.32. The third kappa shape index (κ3) is 3.62. The number of ether oxygens (including phenoxy) is 1. The lowest BCUT2D eigenvalue weighted by Crippen LogP contribution is -2.21. The van der Waals surface area contributed by atoms with Gasteiger partial charge in [0.1, 0.15) is 5.71 Å². The number of amides is 1. The Morgan fingerprint density at radius 2 is 1.72 bits per heavy atom. The van der Waals surface area contributed by atoms with Crippen molar-refractivity contribution in [3.05, 3.63) is 95.1 Å². The molecule has 5 nitrogen and oxygen atoms in total.